The first-order chi connectivity index (χ1) is 16.8. The zero-order chi connectivity index (χ0) is 24.8. The van der Waals surface area contributed by atoms with Gasteiger partial charge in [-0.15, -0.1) is 0 Å². The minimum Gasteiger partial charge on any atom is -0.484 e. The standard InChI is InChI=1S/C26H27N3O5S/c1-28(18-20-6-3-2-4-7-20)35(32,33)24-15-9-21(10-16-24)27-25(30)19-34-23-13-11-22(12-14-23)29-17-5-8-26(29)31/h2-4,6-7,9-16H,5,8,17-19H2,1H3,(H,27,30). The Kier molecular flexibility index (Phi) is 7.48. The fourth-order valence-electron chi connectivity index (χ4n) is 3.81. The number of rotatable bonds is 9. The summed E-state index contributed by atoms with van der Waals surface area (Å²) >= 11 is 0. The van der Waals surface area contributed by atoms with Crippen molar-refractivity contribution < 1.29 is 22.7 Å². The number of carbonyl (C=O) groups is 2. The fourth-order valence-corrected chi connectivity index (χ4v) is 4.96. The van der Waals surface area contributed by atoms with Crippen LogP contribution in [-0.4, -0.2) is 44.7 Å². The SMILES string of the molecule is CN(Cc1ccccc1)S(=O)(=O)c1ccc(NC(=O)COc2ccc(N3CCCC3=O)cc2)cc1. The van der Waals surface area contributed by atoms with Crippen molar-refractivity contribution >= 4 is 33.2 Å². The second-order valence-electron chi connectivity index (χ2n) is 8.25. The molecular weight excluding hydrogens is 466 g/mol. The molecule has 0 aliphatic carbocycles. The van der Waals surface area contributed by atoms with Gasteiger partial charge < -0.3 is 15.0 Å². The Labute approximate surface area is 205 Å². The molecule has 1 aliphatic rings. The van der Waals surface area contributed by atoms with Gasteiger partial charge in [0.15, 0.2) is 6.61 Å². The van der Waals surface area contributed by atoms with Gasteiger partial charge in [0.2, 0.25) is 15.9 Å². The zero-order valence-electron chi connectivity index (χ0n) is 19.4. The first kappa shape index (κ1) is 24.4. The zero-order valence-corrected chi connectivity index (χ0v) is 20.2. The highest BCUT2D eigenvalue weighted by Crippen LogP contribution is 2.24. The molecule has 8 nitrogen and oxygen atoms in total. The van der Waals surface area contributed by atoms with Gasteiger partial charge in [0.1, 0.15) is 5.75 Å². The molecule has 4 rings (SSSR count). The number of nitrogens with one attached hydrogen (secondary N) is 1. The number of sulfonamides is 1. The minimum atomic E-state index is -3.67. The van der Waals surface area contributed by atoms with Crippen LogP contribution in [0.3, 0.4) is 0 Å². The van der Waals surface area contributed by atoms with Crippen LogP contribution in [0.5, 0.6) is 5.75 Å². The molecule has 0 bridgehead atoms. The normalized spacial score (nSPS) is 13.8. The number of hydrogen-bond donors (Lipinski definition) is 1. The lowest BCUT2D eigenvalue weighted by atomic mass is 10.2. The van der Waals surface area contributed by atoms with Gasteiger partial charge >= 0.3 is 0 Å². The summed E-state index contributed by atoms with van der Waals surface area (Å²) in [6.07, 6.45) is 1.42. The molecule has 182 valence electrons. The first-order valence-corrected chi connectivity index (χ1v) is 12.7. The Hall–Kier alpha value is -3.69. The van der Waals surface area contributed by atoms with Crippen LogP contribution >= 0.6 is 0 Å². The highest BCUT2D eigenvalue weighted by Gasteiger charge is 2.22. The summed E-state index contributed by atoms with van der Waals surface area (Å²) in [5.41, 5.74) is 2.17. The number of carbonyl (C=O) groups excluding carboxylic acids is 2. The maximum atomic E-state index is 12.9. The molecule has 3 aromatic carbocycles. The Morgan fingerprint density at radius 2 is 1.69 bits per heavy atom. The van der Waals surface area contributed by atoms with Crippen molar-refractivity contribution in [1.29, 1.82) is 0 Å². The molecule has 0 unspecified atom stereocenters. The average Bonchev–Trinajstić information content (AvgIpc) is 3.30. The summed E-state index contributed by atoms with van der Waals surface area (Å²) in [6, 6.07) is 22.4. The Bertz CT molecular complexity index is 1280. The van der Waals surface area contributed by atoms with E-state index in [1.807, 2.05) is 30.3 Å². The molecular formula is C26H27N3O5S. The molecule has 0 spiro atoms. The van der Waals surface area contributed by atoms with Crippen LogP contribution in [0, 0.1) is 0 Å². The third-order valence-corrected chi connectivity index (χ3v) is 7.50. The van der Waals surface area contributed by atoms with Gasteiger partial charge in [-0.25, -0.2) is 8.42 Å². The minimum absolute atomic E-state index is 0.111. The van der Waals surface area contributed by atoms with Crippen LogP contribution < -0.4 is 15.0 Å². The molecule has 1 heterocycles. The average molecular weight is 494 g/mol. The largest absolute Gasteiger partial charge is 0.484 e. The summed E-state index contributed by atoms with van der Waals surface area (Å²) in [4.78, 5) is 26.0. The number of anilines is 2. The smallest absolute Gasteiger partial charge is 0.262 e. The maximum Gasteiger partial charge on any atom is 0.262 e. The lowest BCUT2D eigenvalue weighted by molar-refractivity contribution is -0.118. The van der Waals surface area contributed by atoms with Crippen LogP contribution in [0.15, 0.2) is 83.8 Å². The van der Waals surface area contributed by atoms with E-state index in [0.717, 1.165) is 17.7 Å². The number of ether oxygens (including phenoxy) is 1. The van der Waals surface area contributed by atoms with E-state index in [1.54, 1.807) is 41.3 Å². The van der Waals surface area contributed by atoms with Crippen LogP contribution in [0.1, 0.15) is 18.4 Å². The van der Waals surface area contributed by atoms with Crippen LogP contribution in [-0.2, 0) is 26.2 Å². The molecule has 1 aliphatic heterocycles. The van der Waals surface area contributed by atoms with Crippen molar-refractivity contribution in [3.8, 4) is 5.75 Å². The summed E-state index contributed by atoms with van der Waals surface area (Å²) < 4.78 is 32.5. The summed E-state index contributed by atoms with van der Waals surface area (Å²) in [7, 11) is -2.14. The molecule has 3 aromatic rings. The van der Waals surface area contributed by atoms with Crippen molar-refractivity contribution in [3.05, 3.63) is 84.4 Å². The quantitative estimate of drug-likeness (QED) is 0.491. The van der Waals surface area contributed by atoms with E-state index in [4.69, 9.17) is 4.74 Å². The second-order valence-corrected chi connectivity index (χ2v) is 10.3. The van der Waals surface area contributed by atoms with Crippen LogP contribution in [0.2, 0.25) is 0 Å². The monoisotopic (exact) mass is 493 g/mol. The van der Waals surface area contributed by atoms with E-state index >= 15 is 0 Å². The van der Waals surface area contributed by atoms with E-state index in [2.05, 4.69) is 5.32 Å². The van der Waals surface area contributed by atoms with Gasteiger partial charge in [-0.1, -0.05) is 30.3 Å². The third-order valence-electron chi connectivity index (χ3n) is 5.69. The molecule has 0 aromatic heterocycles. The van der Waals surface area contributed by atoms with E-state index in [1.165, 1.54) is 23.5 Å². The van der Waals surface area contributed by atoms with Gasteiger partial charge in [0.05, 0.1) is 4.90 Å². The number of nitrogens with zero attached hydrogens (tertiary/aromatic N) is 2. The predicted molar refractivity (Wildman–Crippen MR) is 134 cm³/mol. The van der Waals surface area contributed by atoms with Crippen LogP contribution in [0.25, 0.3) is 0 Å². The Morgan fingerprint density at radius 3 is 2.31 bits per heavy atom. The highest BCUT2D eigenvalue weighted by molar-refractivity contribution is 7.89. The lowest BCUT2D eigenvalue weighted by Crippen LogP contribution is -2.26. The molecule has 9 heteroatoms. The van der Waals surface area contributed by atoms with Gasteiger partial charge in [-0.2, -0.15) is 4.31 Å². The van der Waals surface area contributed by atoms with Crippen molar-refractivity contribution in [1.82, 2.24) is 4.31 Å². The molecule has 0 atom stereocenters. The van der Waals surface area contributed by atoms with Crippen molar-refractivity contribution in [2.24, 2.45) is 0 Å². The van der Waals surface area contributed by atoms with E-state index in [-0.39, 0.29) is 29.9 Å². The topological polar surface area (TPSA) is 96.0 Å². The van der Waals surface area contributed by atoms with Gasteiger partial charge in [-0.3, -0.25) is 9.59 Å². The summed E-state index contributed by atoms with van der Waals surface area (Å²) in [5, 5.41) is 2.70. The third kappa shape index (κ3) is 6.06. The number of benzene rings is 3. The van der Waals surface area contributed by atoms with Crippen LogP contribution in [0.4, 0.5) is 11.4 Å². The Balaban J connectivity index is 1.29. The van der Waals surface area contributed by atoms with E-state index < -0.39 is 10.0 Å². The highest BCUT2D eigenvalue weighted by atomic mass is 32.2. The van der Waals surface area contributed by atoms with Crippen molar-refractivity contribution in [2.75, 3.05) is 30.4 Å². The molecule has 35 heavy (non-hydrogen) atoms. The van der Waals surface area contributed by atoms with Gasteiger partial charge in [-0.05, 0) is 60.5 Å². The molecule has 1 N–H and O–H groups in total. The summed E-state index contributed by atoms with van der Waals surface area (Å²) in [6.45, 7) is 0.765. The molecule has 1 fully saturated rings. The predicted octanol–water partition coefficient (Wildman–Crippen LogP) is 3.65. The number of hydrogen-bond acceptors (Lipinski definition) is 5. The summed E-state index contributed by atoms with van der Waals surface area (Å²) in [5.74, 6) is 0.249. The molecule has 0 radical (unpaired) electrons. The second kappa shape index (κ2) is 10.7. The van der Waals surface area contributed by atoms with Crippen molar-refractivity contribution in [3.63, 3.8) is 0 Å². The molecule has 2 amide bonds. The fraction of sp³-hybridized carbons (Fsp3) is 0.231. The maximum absolute atomic E-state index is 12.9. The van der Waals surface area contributed by atoms with Crippen molar-refractivity contribution in [2.45, 2.75) is 24.3 Å². The molecule has 0 saturated carbocycles. The number of amides is 2. The van der Waals surface area contributed by atoms with E-state index in [9.17, 15) is 18.0 Å². The van der Waals surface area contributed by atoms with E-state index in [0.29, 0.717) is 24.4 Å². The van der Waals surface area contributed by atoms with Gasteiger partial charge in [0.25, 0.3) is 5.91 Å². The molecule has 1 saturated heterocycles. The Morgan fingerprint density at radius 1 is 1.00 bits per heavy atom. The first-order valence-electron chi connectivity index (χ1n) is 11.3. The van der Waals surface area contributed by atoms with Gasteiger partial charge in [0, 0.05) is 37.9 Å². The lowest BCUT2D eigenvalue weighted by Gasteiger charge is -2.17.